The quantitative estimate of drug-likeness (QED) is 0.341. The molecule has 0 saturated heterocycles. The fraction of sp³-hybridized carbons (Fsp3) is 0.250. The van der Waals surface area contributed by atoms with Crippen molar-refractivity contribution in [2.24, 2.45) is 0 Å². The smallest absolute Gasteiger partial charge is 0.267 e. The predicted molar refractivity (Wildman–Crippen MR) is 125 cm³/mol. The van der Waals surface area contributed by atoms with Gasteiger partial charge in [-0.2, -0.15) is 15.0 Å². The average molecular weight is 472 g/mol. The van der Waals surface area contributed by atoms with Gasteiger partial charge in [-0.25, -0.2) is 4.98 Å². The van der Waals surface area contributed by atoms with E-state index in [1.807, 2.05) is 12.1 Å². The van der Waals surface area contributed by atoms with Crippen molar-refractivity contribution in [1.82, 2.24) is 24.5 Å². The van der Waals surface area contributed by atoms with Crippen LogP contribution in [0.5, 0.6) is 0 Å². The van der Waals surface area contributed by atoms with Crippen molar-refractivity contribution in [3.05, 3.63) is 55.9 Å². The lowest BCUT2D eigenvalue weighted by atomic mass is 9.97. The number of aromatic nitrogens is 5. The molecule has 3 aromatic heterocycles. The number of nitrogen functional groups attached to an aromatic ring is 2. The highest BCUT2D eigenvalue weighted by molar-refractivity contribution is 7.98. The standard InChI is InChI=1S/C20H18ClN7OS2/c21-10-5-7-11(8-6-10)28-17(29)15-12-3-1-2-4-13(12)31-16(15)26-20(28)30-9-14-24-18(22)27-19(23)25-14/h5-8H,1-4,9H2,(H4,22,23,24,25,27). The van der Waals surface area contributed by atoms with Gasteiger partial charge in [0.1, 0.15) is 10.7 Å². The molecule has 5 rings (SSSR count). The molecule has 1 aliphatic rings. The normalized spacial score (nSPS) is 13.5. The number of rotatable bonds is 4. The van der Waals surface area contributed by atoms with Crippen LogP contribution in [0.15, 0.2) is 34.2 Å². The highest BCUT2D eigenvalue weighted by Gasteiger charge is 2.23. The summed E-state index contributed by atoms with van der Waals surface area (Å²) < 4.78 is 1.64. The molecule has 0 saturated carbocycles. The number of halogens is 1. The highest BCUT2D eigenvalue weighted by Crippen LogP contribution is 2.35. The van der Waals surface area contributed by atoms with E-state index in [0.29, 0.717) is 27.4 Å². The maximum Gasteiger partial charge on any atom is 0.267 e. The largest absolute Gasteiger partial charge is 0.368 e. The van der Waals surface area contributed by atoms with Crippen LogP contribution < -0.4 is 17.0 Å². The van der Waals surface area contributed by atoms with Crippen LogP contribution in [0.25, 0.3) is 15.9 Å². The van der Waals surface area contributed by atoms with Gasteiger partial charge in [0.15, 0.2) is 5.16 Å². The summed E-state index contributed by atoms with van der Waals surface area (Å²) >= 11 is 9.04. The average Bonchev–Trinajstić information content (AvgIpc) is 3.11. The number of benzene rings is 1. The van der Waals surface area contributed by atoms with Crippen molar-refractivity contribution in [2.75, 3.05) is 11.5 Å². The summed E-state index contributed by atoms with van der Waals surface area (Å²) in [6.45, 7) is 0. The van der Waals surface area contributed by atoms with Crippen molar-refractivity contribution in [2.45, 2.75) is 36.6 Å². The summed E-state index contributed by atoms with van der Waals surface area (Å²) in [5.41, 5.74) is 13.2. The van der Waals surface area contributed by atoms with E-state index in [0.717, 1.165) is 41.5 Å². The Morgan fingerprint density at radius 3 is 2.48 bits per heavy atom. The number of anilines is 2. The van der Waals surface area contributed by atoms with Crippen molar-refractivity contribution >= 4 is 56.8 Å². The fourth-order valence-corrected chi connectivity index (χ4v) is 6.05. The molecule has 3 heterocycles. The molecule has 11 heteroatoms. The number of nitrogens with zero attached hydrogens (tertiary/aromatic N) is 5. The minimum Gasteiger partial charge on any atom is -0.368 e. The molecule has 4 aromatic rings. The molecule has 0 fully saturated rings. The van der Waals surface area contributed by atoms with Crippen molar-refractivity contribution in [3.63, 3.8) is 0 Å². The molecule has 0 spiro atoms. The number of fused-ring (bicyclic) bond motifs is 3. The van der Waals surface area contributed by atoms with Gasteiger partial charge in [0.05, 0.1) is 16.8 Å². The van der Waals surface area contributed by atoms with Gasteiger partial charge in [0, 0.05) is 9.90 Å². The summed E-state index contributed by atoms with van der Waals surface area (Å²) in [5, 5.41) is 1.88. The van der Waals surface area contributed by atoms with E-state index in [4.69, 9.17) is 28.1 Å². The molecule has 158 valence electrons. The van der Waals surface area contributed by atoms with E-state index in [1.54, 1.807) is 28.0 Å². The second kappa shape index (κ2) is 8.10. The van der Waals surface area contributed by atoms with Gasteiger partial charge in [-0.3, -0.25) is 9.36 Å². The molecule has 0 radical (unpaired) electrons. The Morgan fingerprint density at radius 1 is 1.03 bits per heavy atom. The third-order valence-corrected chi connectivity index (χ3v) is 7.46. The Bertz CT molecular complexity index is 1330. The van der Waals surface area contributed by atoms with E-state index in [1.165, 1.54) is 16.6 Å². The van der Waals surface area contributed by atoms with E-state index in [2.05, 4.69) is 15.0 Å². The molecule has 4 N–H and O–H groups in total. The van der Waals surface area contributed by atoms with Crippen LogP contribution in [0, 0.1) is 0 Å². The van der Waals surface area contributed by atoms with Gasteiger partial charge in [-0.15, -0.1) is 11.3 Å². The van der Waals surface area contributed by atoms with E-state index < -0.39 is 0 Å². The number of hydrogen-bond acceptors (Lipinski definition) is 9. The van der Waals surface area contributed by atoms with E-state index in [9.17, 15) is 4.79 Å². The summed E-state index contributed by atoms with van der Waals surface area (Å²) in [6, 6.07) is 7.16. The molecule has 0 bridgehead atoms. The molecule has 31 heavy (non-hydrogen) atoms. The Balaban J connectivity index is 1.65. The van der Waals surface area contributed by atoms with Crippen LogP contribution in [0.3, 0.4) is 0 Å². The summed E-state index contributed by atoms with van der Waals surface area (Å²) in [5.74, 6) is 0.894. The van der Waals surface area contributed by atoms with E-state index >= 15 is 0 Å². The van der Waals surface area contributed by atoms with Crippen molar-refractivity contribution in [1.29, 1.82) is 0 Å². The predicted octanol–water partition coefficient (Wildman–Crippen LogP) is 3.62. The maximum atomic E-state index is 13.7. The van der Waals surface area contributed by atoms with Gasteiger partial charge < -0.3 is 11.5 Å². The lowest BCUT2D eigenvalue weighted by Gasteiger charge is -2.13. The van der Waals surface area contributed by atoms with Crippen LogP contribution in [0.4, 0.5) is 11.9 Å². The highest BCUT2D eigenvalue weighted by atomic mass is 35.5. The molecule has 1 aliphatic carbocycles. The molecule has 0 unspecified atom stereocenters. The zero-order chi connectivity index (χ0) is 21.5. The van der Waals surface area contributed by atoms with Crippen molar-refractivity contribution in [3.8, 4) is 5.69 Å². The Kier molecular flexibility index (Phi) is 5.28. The van der Waals surface area contributed by atoms with Gasteiger partial charge in [-0.05, 0) is 55.5 Å². The van der Waals surface area contributed by atoms with Crippen LogP contribution in [0.2, 0.25) is 5.02 Å². The van der Waals surface area contributed by atoms with Crippen LogP contribution >= 0.6 is 34.7 Å². The lowest BCUT2D eigenvalue weighted by Crippen LogP contribution is -2.22. The van der Waals surface area contributed by atoms with E-state index in [-0.39, 0.29) is 17.5 Å². The summed E-state index contributed by atoms with van der Waals surface area (Å²) in [4.78, 5) is 32.7. The number of nitrogens with two attached hydrogens (primary N) is 2. The lowest BCUT2D eigenvalue weighted by molar-refractivity contribution is 0.699. The second-order valence-corrected chi connectivity index (χ2v) is 9.62. The SMILES string of the molecule is Nc1nc(N)nc(CSc2nc3sc4c(c3c(=O)n2-c2ccc(Cl)cc2)CCCC4)n1. The Morgan fingerprint density at radius 2 is 1.74 bits per heavy atom. The summed E-state index contributed by atoms with van der Waals surface area (Å²) in [6.07, 6.45) is 4.17. The molecule has 0 amide bonds. The Hall–Kier alpha value is -2.69. The van der Waals surface area contributed by atoms with Crippen LogP contribution in [-0.2, 0) is 18.6 Å². The van der Waals surface area contributed by atoms with Gasteiger partial charge in [0.2, 0.25) is 11.9 Å². The Labute approximate surface area is 190 Å². The monoisotopic (exact) mass is 471 g/mol. The van der Waals surface area contributed by atoms with Crippen LogP contribution in [0.1, 0.15) is 29.1 Å². The maximum absolute atomic E-state index is 13.7. The molecular weight excluding hydrogens is 454 g/mol. The zero-order valence-corrected chi connectivity index (χ0v) is 18.7. The minimum absolute atomic E-state index is 0.0625. The van der Waals surface area contributed by atoms with Crippen LogP contribution in [-0.4, -0.2) is 24.5 Å². The minimum atomic E-state index is -0.0658. The fourth-order valence-electron chi connectivity index (χ4n) is 3.75. The number of aryl methyl sites for hydroxylation is 2. The third kappa shape index (κ3) is 3.86. The van der Waals surface area contributed by atoms with Gasteiger partial charge in [0.25, 0.3) is 5.56 Å². The topological polar surface area (TPSA) is 126 Å². The number of thioether (sulfide) groups is 1. The molecule has 0 aliphatic heterocycles. The second-order valence-electron chi connectivity index (χ2n) is 7.16. The van der Waals surface area contributed by atoms with Crippen molar-refractivity contribution < 1.29 is 0 Å². The van der Waals surface area contributed by atoms with Gasteiger partial charge in [-0.1, -0.05) is 23.4 Å². The zero-order valence-electron chi connectivity index (χ0n) is 16.3. The molecular formula is C20H18ClN7OS2. The number of thiophene rings is 1. The first kappa shape index (κ1) is 20.2. The first-order valence-electron chi connectivity index (χ1n) is 9.71. The molecule has 1 aromatic carbocycles. The number of hydrogen-bond donors (Lipinski definition) is 2. The first-order chi connectivity index (χ1) is 15.0. The molecule has 0 atom stereocenters. The molecule has 8 nitrogen and oxygen atoms in total. The van der Waals surface area contributed by atoms with Gasteiger partial charge >= 0.3 is 0 Å². The third-order valence-electron chi connectivity index (χ3n) is 5.09. The first-order valence-corrected chi connectivity index (χ1v) is 11.9. The summed E-state index contributed by atoms with van der Waals surface area (Å²) in [7, 11) is 0.